The lowest BCUT2D eigenvalue weighted by Gasteiger charge is -2.30. The second kappa shape index (κ2) is 13.2. The van der Waals surface area contributed by atoms with Gasteiger partial charge in [-0.25, -0.2) is 0 Å². The van der Waals surface area contributed by atoms with Gasteiger partial charge in [0.05, 0.1) is 0 Å². The summed E-state index contributed by atoms with van der Waals surface area (Å²) in [4.78, 5) is 45.0. The number of carbonyl (C=O) groups excluding carboxylic acids is 3. The summed E-state index contributed by atoms with van der Waals surface area (Å²) in [6, 6.07) is 21.8. The van der Waals surface area contributed by atoms with Crippen LogP contribution in [0, 0.1) is 0 Å². The summed E-state index contributed by atoms with van der Waals surface area (Å²) in [6.45, 7) is 3.54. The number of hydrogen-bond acceptors (Lipinski definition) is 7. The fraction of sp³-hybridized carbons (Fsp3) is 0.281. The Morgan fingerprint density at radius 3 is 2.36 bits per heavy atom. The van der Waals surface area contributed by atoms with Crippen LogP contribution in [0.4, 0.5) is 0 Å². The van der Waals surface area contributed by atoms with Crippen molar-refractivity contribution in [2.75, 3.05) is 14.1 Å². The molecule has 10 nitrogen and oxygen atoms in total. The van der Waals surface area contributed by atoms with Crippen LogP contribution in [0.5, 0.6) is 0 Å². The molecule has 0 saturated heterocycles. The summed E-state index contributed by atoms with van der Waals surface area (Å²) in [6.07, 6.45) is 3.51. The first-order chi connectivity index (χ1) is 20.0. The standard InChI is InChI=1S/C32H36N6O4/c1-32(2,33)17-16-27(39)35-25(19-22-14-15-23-12-8-9-13-24(23)18-22)31(41)38(4)26(20-21-10-6-5-7-11-21)30-36-28(37-42-30)29(40)34-3/h5-18,25-26H,19-20,33H2,1-4H3,(H,34,40)(H,35,39). The van der Waals surface area contributed by atoms with Crippen molar-refractivity contribution in [1.82, 2.24) is 25.7 Å². The van der Waals surface area contributed by atoms with Crippen LogP contribution in [0.1, 0.15) is 47.5 Å². The van der Waals surface area contributed by atoms with Gasteiger partial charge in [-0.2, -0.15) is 4.98 Å². The quantitative estimate of drug-likeness (QED) is 0.236. The SMILES string of the molecule is CNC(=O)c1noc(C(Cc2ccccc2)N(C)C(=O)C(Cc2ccc3ccccc3c2)NC(=O)C=CC(C)(C)N)n1. The third-order valence-corrected chi connectivity index (χ3v) is 6.78. The van der Waals surface area contributed by atoms with Crippen LogP contribution in [0.3, 0.4) is 0 Å². The third-order valence-electron chi connectivity index (χ3n) is 6.78. The van der Waals surface area contributed by atoms with Gasteiger partial charge in [0.25, 0.3) is 11.7 Å². The first kappa shape index (κ1) is 30.1. The van der Waals surface area contributed by atoms with E-state index in [2.05, 4.69) is 20.8 Å². The highest BCUT2D eigenvalue weighted by molar-refractivity contribution is 5.93. The molecule has 10 heteroatoms. The van der Waals surface area contributed by atoms with Crippen LogP contribution in [0.25, 0.3) is 10.8 Å². The Kier molecular flexibility index (Phi) is 9.49. The second-order valence-electron chi connectivity index (χ2n) is 10.8. The van der Waals surface area contributed by atoms with Gasteiger partial charge in [-0.15, -0.1) is 0 Å². The number of nitrogens with two attached hydrogens (primary N) is 1. The Bertz CT molecular complexity index is 1570. The topological polar surface area (TPSA) is 143 Å². The zero-order valence-electron chi connectivity index (χ0n) is 24.2. The van der Waals surface area contributed by atoms with Crippen molar-refractivity contribution in [3.8, 4) is 0 Å². The summed E-state index contributed by atoms with van der Waals surface area (Å²) >= 11 is 0. The van der Waals surface area contributed by atoms with Crippen LogP contribution in [0.2, 0.25) is 0 Å². The van der Waals surface area contributed by atoms with Gasteiger partial charge in [-0.3, -0.25) is 14.4 Å². The fourth-order valence-corrected chi connectivity index (χ4v) is 4.51. The molecule has 4 rings (SSSR count). The van der Waals surface area contributed by atoms with E-state index in [0.717, 1.165) is 21.9 Å². The van der Waals surface area contributed by atoms with E-state index in [4.69, 9.17) is 10.3 Å². The predicted octanol–water partition coefficient (Wildman–Crippen LogP) is 3.35. The number of likely N-dealkylation sites (N-methyl/N-ethyl adjacent to an activating group) is 1. The Hall–Kier alpha value is -4.83. The number of fused-ring (bicyclic) bond motifs is 1. The van der Waals surface area contributed by atoms with Crippen LogP contribution < -0.4 is 16.4 Å². The molecular formula is C32H36N6O4. The number of amides is 3. The van der Waals surface area contributed by atoms with Gasteiger partial charge in [0.1, 0.15) is 12.1 Å². The van der Waals surface area contributed by atoms with Crippen LogP contribution in [0.15, 0.2) is 89.5 Å². The molecule has 0 bridgehead atoms. The molecule has 42 heavy (non-hydrogen) atoms. The number of benzene rings is 3. The molecule has 0 fully saturated rings. The zero-order chi connectivity index (χ0) is 30.3. The maximum atomic E-state index is 14.1. The van der Waals surface area contributed by atoms with Crippen molar-refractivity contribution in [3.63, 3.8) is 0 Å². The summed E-state index contributed by atoms with van der Waals surface area (Å²) in [7, 11) is 3.09. The third kappa shape index (κ3) is 7.88. The normalized spacial score (nSPS) is 13.1. The Morgan fingerprint density at radius 1 is 0.976 bits per heavy atom. The molecule has 4 N–H and O–H groups in total. The highest BCUT2D eigenvalue weighted by Crippen LogP contribution is 2.25. The molecule has 1 heterocycles. The molecule has 0 spiro atoms. The molecule has 218 valence electrons. The smallest absolute Gasteiger partial charge is 0.292 e. The Morgan fingerprint density at radius 2 is 1.67 bits per heavy atom. The van der Waals surface area contributed by atoms with E-state index >= 15 is 0 Å². The van der Waals surface area contributed by atoms with Gasteiger partial charge in [0, 0.05) is 38.6 Å². The molecule has 2 atom stereocenters. The van der Waals surface area contributed by atoms with Crippen LogP contribution >= 0.6 is 0 Å². The minimum atomic E-state index is -0.922. The second-order valence-corrected chi connectivity index (χ2v) is 10.8. The number of nitrogens with one attached hydrogen (secondary N) is 2. The lowest BCUT2D eigenvalue weighted by molar-refractivity contribution is -0.137. The number of nitrogens with zero attached hydrogens (tertiary/aromatic N) is 3. The Labute approximate surface area is 245 Å². The van der Waals surface area contributed by atoms with Gasteiger partial charge in [-0.05, 0) is 35.7 Å². The van der Waals surface area contributed by atoms with Crippen LogP contribution in [-0.4, -0.2) is 58.4 Å². The molecule has 1 aromatic heterocycles. The highest BCUT2D eigenvalue weighted by atomic mass is 16.5. The first-order valence-electron chi connectivity index (χ1n) is 13.7. The average molecular weight is 569 g/mol. The van der Waals surface area contributed by atoms with E-state index in [1.54, 1.807) is 27.0 Å². The van der Waals surface area contributed by atoms with E-state index in [-0.39, 0.29) is 24.0 Å². The van der Waals surface area contributed by atoms with Gasteiger partial charge in [0.15, 0.2) is 0 Å². The van der Waals surface area contributed by atoms with Crippen LogP contribution in [-0.2, 0) is 22.4 Å². The van der Waals surface area contributed by atoms with E-state index in [0.29, 0.717) is 6.42 Å². The summed E-state index contributed by atoms with van der Waals surface area (Å²) in [5.41, 5.74) is 7.11. The number of rotatable bonds is 11. The van der Waals surface area contributed by atoms with E-state index in [1.165, 1.54) is 18.0 Å². The van der Waals surface area contributed by atoms with Gasteiger partial charge >= 0.3 is 0 Å². The molecule has 0 aliphatic carbocycles. The minimum absolute atomic E-state index is 0.105. The molecule has 0 radical (unpaired) electrons. The van der Waals surface area contributed by atoms with Crippen molar-refractivity contribution in [2.24, 2.45) is 5.73 Å². The summed E-state index contributed by atoms with van der Waals surface area (Å²) in [5, 5.41) is 11.2. The van der Waals surface area contributed by atoms with E-state index in [9.17, 15) is 14.4 Å². The fourth-order valence-electron chi connectivity index (χ4n) is 4.51. The van der Waals surface area contributed by atoms with Gasteiger partial charge in [-0.1, -0.05) is 84.0 Å². The summed E-state index contributed by atoms with van der Waals surface area (Å²) < 4.78 is 5.47. The maximum absolute atomic E-state index is 14.1. The van der Waals surface area contributed by atoms with Gasteiger partial charge in [0.2, 0.25) is 17.7 Å². The highest BCUT2D eigenvalue weighted by Gasteiger charge is 2.33. The van der Waals surface area contributed by atoms with Crippen molar-refractivity contribution in [2.45, 2.75) is 44.3 Å². The van der Waals surface area contributed by atoms with Crippen molar-refractivity contribution >= 4 is 28.5 Å². The molecule has 0 aliphatic heterocycles. The molecule has 0 saturated carbocycles. The van der Waals surface area contributed by atoms with Crippen molar-refractivity contribution in [3.05, 3.63) is 108 Å². The largest absolute Gasteiger partial charge is 0.352 e. The molecule has 0 aliphatic rings. The minimum Gasteiger partial charge on any atom is -0.352 e. The first-order valence-corrected chi connectivity index (χ1v) is 13.7. The summed E-state index contributed by atoms with van der Waals surface area (Å²) in [5.74, 6) is -1.35. The molecule has 3 aromatic carbocycles. The van der Waals surface area contributed by atoms with Crippen molar-refractivity contribution < 1.29 is 18.9 Å². The Balaban J connectivity index is 1.67. The lowest BCUT2D eigenvalue weighted by atomic mass is 9.99. The number of hydrogen-bond donors (Lipinski definition) is 3. The number of aromatic nitrogens is 2. The average Bonchev–Trinajstić information content (AvgIpc) is 3.47. The molecule has 3 amide bonds. The maximum Gasteiger partial charge on any atom is 0.292 e. The predicted molar refractivity (Wildman–Crippen MR) is 160 cm³/mol. The zero-order valence-corrected chi connectivity index (χ0v) is 24.2. The lowest BCUT2D eigenvalue weighted by Crippen LogP contribution is -2.49. The van der Waals surface area contributed by atoms with Gasteiger partial charge < -0.3 is 25.8 Å². The van der Waals surface area contributed by atoms with Crippen molar-refractivity contribution in [1.29, 1.82) is 0 Å². The molecule has 2 unspecified atom stereocenters. The molecule has 4 aromatic rings. The van der Waals surface area contributed by atoms with E-state index < -0.39 is 29.4 Å². The monoisotopic (exact) mass is 568 g/mol. The molecular weight excluding hydrogens is 532 g/mol. The number of carbonyl (C=O) groups is 3. The van der Waals surface area contributed by atoms with E-state index in [1.807, 2.05) is 72.8 Å².